The van der Waals surface area contributed by atoms with E-state index in [4.69, 9.17) is 9.73 Å². The second-order valence-corrected chi connectivity index (χ2v) is 7.88. The van der Waals surface area contributed by atoms with Crippen LogP contribution >= 0.6 is 24.0 Å². The topological polar surface area (TPSA) is 55.4 Å². The first-order valence-corrected chi connectivity index (χ1v) is 9.66. The van der Waals surface area contributed by atoms with E-state index in [1.54, 1.807) is 0 Å². The molecule has 2 heterocycles. The Morgan fingerprint density at radius 2 is 1.81 bits per heavy atom. The number of nitrogens with zero attached hydrogens (tertiary/aromatic N) is 4. The van der Waals surface area contributed by atoms with E-state index in [-0.39, 0.29) is 29.5 Å². The minimum absolute atomic E-state index is 0. The van der Waals surface area contributed by atoms with Crippen molar-refractivity contribution in [2.75, 3.05) is 79.7 Å². The highest BCUT2D eigenvalue weighted by Crippen LogP contribution is 2.16. The van der Waals surface area contributed by atoms with Gasteiger partial charge in [0.1, 0.15) is 0 Å². The Bertz CT molecular complexity index is 428. The van der Waals surface area contributed by atoms with Crippen molar-refractivity contribution in [1.29, 1.82) is 0 Å². The zero-order chi connectivity index (χ0) is 18.3. The van der Waals surface area contributed by atoms with Crippen LogP contribution in [0.1, 0.15) is 20.8 Å². The van der Waals surface area contributed by atoms with Gasteiger partial charge in [0.2, 0.25) is 0 Å². The van der Waals surface area contributed by atoms with Gasteiger partial charge in [0.05, 0.1) is 19.8 Å². The number of rotatable bonds is 6. The van der Waals surface area contributed by atoms with E-state index in [0.717, 1.165) is 71.5 Å². The lowest BCUT2D eigenvalue weighted by atomic mass is 10.0. The van der Waals surface area contributed by atoms with Crippen molar-refractivity contribution < 1.29 is 4.74 Å². The summed E-state index contributed by atoms with van der Waals surface area (Å²) in [7, 11) is 4.41. The van der Waals surface area contributed by atoms with Crippen LogP contribution in [-0.4, -0.2) is 112 Å². The summed E-state index contributed by atoms with van der Waals surface area (Å²) in [6.45, 7) is 16.3. The number of likely N-dealkylation sites (N-methyl/N-ethyl adjacent to an activating group) is 2. The highest BCUT2D eigenvalue weighted by molar-refractivity contribution is 14.0. The molecule has 2 saturated heterocycles. The Kier molecular flexibility index (Phi) is 10.7. The van der Waals surface area contributed by atoms with Gasteiger partial charge in [-0.15, -0.1) is 24.0 Å². The summed E-state index contributed by atoms with van der Waals surface area (Å²) < 4.78 is 5.47. The zero-order valence-corrected chi connectivity index (χ0v) is 19.6. The molecular weight excluding hydrogens is 443 g/mol. The molecule has 0 saturated carbocycles. The summed E-state index contributed by atoms with van der Waals surface area (Å²) >= 11 is 0. The molecule has 2 N–H and O–H groups in total. The van der Waals surface area contributed by atoms with Crippen molar-refractivity contribution in [1.82, 2.24) is 25.3 Å². The summed E-state index contributed by atoms with van der Waals surface area (Å²) in [6.07, 6.45) is 0. The standard InChI is InChI=1S/C18H38N6O.HI/c1-6-19-17(20-13-16-14-22(4)7-8-23(16)5)21-15-18(2,3)24-9-11-25-12-10-24;/h16H,6-15H2,1-5H3,(H2,19,20,21);1H. The predicted molar refractivity (Wildman–Crippen MR) is 120 cm³/mol. The maximum Gasteiger partial charge on any atom is 0.191 e. The number of ether oxygens (including phenoxy) is 1. The molecule has 1 atom stereocenters. The molecule has 0 spiro atoms. The number of halogens is 1. The van der Waals surface area contributed by atoms with E-state index in [0.29, 0.717) is 6.04 Å². The molecular formula is C18H39IN6O. The lowest BCUT2D eigenvalue weighted by molar-refractivity contribution is -0.00684. The molecule has 154 valence electrons. The van der Waals surface area contributed by atoms with E-state index < -0.39 is 0 Å². The molecule has 0 aromatic carbocycles. The Labute approximate surface area is 176 Å². The first kappa shape index (κ1) is 23.9. The van der Waals surface area contributed by atoms with Crippen molar-refractivity contribution in [2.45, 2.75) is 32.4 Å². The zero-order valence-electron chi connectivity index (χ0n) is 17.3. The van der Waals surface area contributed by atoms with E-state index in [1.165, 1.54) is 0 Å². The van der Waals surface area contributed by atoms with Gasteiger partial charge in [0.25, 0.3) is 0 Å². The van der Waals surface area contributed by atoms with Crippen LogP contribution in [0, 0.1) is 0 Å². The molecule has 26 heavy (non-hydrogen) atoms. The van der Waals surface area contributed by atoms with Crippen molar-refractivity contribution in [3.05, 3.63) is 0 Å². The van der Waals surface area contributed by atoms with Gasteiger partial charge in [-0.3, -0.25) is 14.8 Å². The highest BCUT2D eigenvalue weighted by Gasteiger charge is 2.28. The van der Waals surface area contributed by atoms with Gasteiger partial charge in [0, 0.05) is 57.4 Å². The van der Waals surface area contributed by atoms with Gasteiger partial charge in [0.15, 0.2) is 5.96 Å². The lowest BCUT2D eigenvalue weighted by Crippen LogP contribution is -2.55. The summed E-state index contributed by atoms with van der Waals surface area (Å²) in [5, 5.41) is 6.93. The fraction of sp³-hybridized carbons (Fsp3) is 0.944. The largest absolute Gasteiger partial charge is 0.379 e. The van der Waals surface area contributed by atoms with Gasteiger partial charge in [-0.2, -0.15) is 0 Å². The first-order chi connectivity index (χ1) is 11.9. The van der Waals surface area contributed by atoms with Gasteiger partial charge in [-0.1, -0.05) is 0 Å². The normalized spacial score (nSPS) is 24.2. The quantitative estimate of drug-likeness (QED) is 0.327. The Balaban J connectivity index is 0.00000338. The van der Waals surface area contributed by atoms with E-state index in [2.05, 4.69) is 60.2 Å². The van der Waals surface area contributed by atoms with Gasteiger partial charge in [-0.25, -0.2) is 0 Å². The van der Waals surface area contributed by atoms with Crippen molar-refractivity contribution in [3.63, 3.8) is 0 Å². The molecule has 1 unspecified atom stereocenters. The van der Waals surface area contributed by atoms with Crippen LogP contribution in [0.15, 0.2) is 4.99 Å². The van der Waals surface area contributed by atoms with Crippen molar-refractivity contribution in [3.8, 4) is 0 Å². The minimum atomic E-state index is 0. The number of morpholine rings is 1. The van der Waals surface area contributed by atoms with Crippen LogP contribution in [0.5, 0.6) is 0 Å². The fourth-order valence-corrected chi connectivity index (χ4v) is 3.42. The average Bonchev–Trinajstić information content (AvgIpc) is 2.61. The third kappa shape index (κ3) is 7.46. The summed E-state index contributed by atoms with van der Waals surface area (Å²) in [6, 6.07) is 0.523. The number of hydrogen-bond acceptors (Lipinski definition) is 5. The van der Waals surface area contributed by atoms with Crippen molar-refractivity contribution >= 4 is 29.9 Å². The minimum Gasteiger partial charge on any atom is -0.379 e. The number of nitrogens with one attached hydrogen (secondary N) is 2. The Hall–Kier alpha value is -0.160. The second-order valence-electron chi connectivity index (χ2n) is 7.88. The Morgan fingerprint density at radius 3 is 2.46 bits per heavy atom. The summed E-state index contributed by atoms with van der Waals surface area (Å²) in [5.41, 5.74) is 0.0496. The molecule has 2 rings (SSSR count). The number of guanidine groups is 1. The lowest BCUT2D eigenvalue weighted by Gasteiger charge is -2.40. The maximum absolute atomic E-state index is 5.47. The van der Waals surface area contributed by atoms with E-state index >= 15 is 0 Å². The molecule has 7 nitrogen and oxygen atoms in total. The summed E-state index contributed by atoms with van der Waals surface area (Å²) in [5.74, 6) is 0.922. The molecule has 2 aliphatic heterocycles. The first-order valence-electron chi connectivity index (χ1n) is 9.66. The predicted octanol–water partition coefficient (Wildman–Crippen LogP) is 0.516. The molecule has 8 heteroatoms. The molecule has 0 aliphatic carbocycles. The van der Waals surface area contributed by atoms with Gasteiger partial charge in [-0.05, 0) is 34.9 Å². The van der Waals surface area contributed by atoms with Gasteiger partial charge >= 0.3 is 0 Å². The van der Waals surface area contributed by atoms with Crippen LogP contribution in [0.25, 0.3) is 0 Å². The van der Waals surface area contributed by atoms with E-state index in [1.807, 2.05) is 0 Å². The molecule has 2 aliphatic rings. The molecule has 0 aromatic heterocycles. The fourth-order valence-electron chi connectivity index (χ4n) is 3.42. The molecule has 2 fully saturated rings. The smallest absolute Gasteiger partial charge is 0.191 e. The monoisotopic (exact) mass is 482 g/mol. The molecule has 0 aromatic rings. The third-order valence-corrected chi connectivity index (χ3v) is 5.32. The number of piperazine rings is 1. The van der Waals surface area contributed by atoms with Crippen LogP contribution in [0.2, 0.25) is 0 Å². The maximum atomic E-state index is 5.47. The van der Waals surface area contributed by atoms with E-state index in [9.17, 15) is 0 Å². The van der Waals surface area contributed by atoms with Crippen LogP contribution in [0.4, 0.5) is 0 Å². The number of aliphatic imine (C=N–C) groups is 1. The van der Waals surface area contributed by atoms with Crippen LogP contribution < -0.4 is 10.6 Å². The molecule has 0 bridgehead atoms. The van der Waals surface area contributed by atoms with Gasteiger partial charge < -0.3 is 20.3 Å². The SMILES string of the molecule is CCNC(=NCC(C)(C)N1CCOCC1)NCC1CN(C)CCN1C.I. The Morgan fingerprint density at radius 1 is 1.12 bits per heavy atom. The molecule has 0 radical (unpaired) electrons. The highest BCUT2D eigenvalue weighted by atomic mass is 127. The third-order valence-electron chi connectivity index (χ3n) is 5.32. The van der Waals surface area contributed by atoms with Crippen LogP contribution in [-0.2, 0) is 4.74 Å². The average molecular weight is 482 g/mol. The van der Waals surface area contributed by atoms with Crippen molar-refractivity contribution in [2.24, 2.45) is 4.99 Å². The molecule has 0 amide bonds. The second kappa shape index (κ2) is 11.6. The summed E-state index contributed by atoms with van der Waals surface area (Å²) in [4.78, 5) is 12.2. The number of hydrogen-bond donors (Lipinski definition) is 2. The van der Waals surface area contributed by atoms with Crippen LogP contribution in [0.3, 0.4) is 0 Å².